The van der Waals surface area contributed by atoms with Crippen LogP contribution in [0.2, 0.25) is 0 Å². The highest BCUT2D eigenvalue weighted by Gasteiger charge is 2.13. The van der Waals surface area contributed by atoms with Crippen molar-refractivity contribution in [3.8, 4) is 0 Å². The highest BCUT2D eigenvalue weighted by atomic mass is 19.3. The molecule has 0 radical (unpaired) electrons. The molecule has 0 aliphatic carbocycles. The average molecular weight is 175 g/mol. The fraction of sp³-hybridized carbons (Fsp3) is 0.167. The molecule has 0 amide bonds. The second-order valence-corrected chi connectivity index (χ2v) is 2.22. The maximum atomic E-state index is 12.1. The summed E-state index contributed by atoms with van der Waals surface area (Å²) < 4.78 is 24.2. The molecule has 1 aromatic rings. The first kappa shape index (κ1) is 8.51. The van der Waals surface area contributed by atoms with E-state index in [0.29, 0.717) is 0 Å². The van der Waals surface area contributed by atoms with E-state index in [1.54, 1.807) is 0 Å². The number of nitrogen functional groups attached to an aromatic ring is 2. The number of aromatic nitrogens is 1. The van der Waals surface area contributed by atoms with E-state index in [1.807, 2.05) is 4.98 Å². The van der Waals surface area contributed by atoms with E-state index in [2.05, 4.69) is 0 Å². The molecule has 66 valence electrons. The third-order valence-electron chi connectivity index (χ3n) is 1.37. The SMILES string of the molecule is Nc1[nH]c(=O)c(N)cc1C(F)F. The van der Waals surface area contributed by atoms with Gasteiger partial charge in [-0.2, -0.15) is 0 Å². The molecule has 0 spiro atoms. The number of pyridine rings is 1. The largest absolute Gasteiger partial charge is 0.394 e. The molecular formula is C6H7F2N3O. The van der Waals surface area contributed by atoms with Crippen LogP contribution in [0.5, 0.6) is 0 Å². The van der Waals surface area contributed by atoms with Crippen molar-refractivity contribution >= 4 is 11.5 Å². The topological polar surface area (TPSA) is 84.9 Å². The quantitative estimate of drug-likeness (QED) is 0.580. The van der Waals surface area contributed by atoms with Gasteiger partial charge < -0.3 is 16.5 Å². The monoisotopic (exact) mass is 175 g/mol. The Morgan fingerprint density at radius 1 is 1.42 bits per heavy atom. The third-order valence-corrected chi connectivity index (χ3v) is 1.37. The van der Waals surface area contributed by atoms with Gasteiger partial charge in [0.05, 0.1) is 11.3 Å². The first-order chi connectivity index (χ1) is 5.52. The summed E-state index contributed by atoms with van der Waals surface area (Å²) in [7, 11) is 0. The molecule has 1 heterocycles. The molecule has 0 aromatic carbocycles. The first-order valence-electron chi connectivity index (χ1n) is 3.08. The minimum atomic E-state index is -2.73. The zero-order valence-electron chi connectivity index (χ0n) is 5.97. The lowest BCUT2D eigenvalue weighted by molar-refractivity contribution is 0.152. The van der Waals surface area contributed by atoms with E-state index in [1.165, 1.54) is 0 Å². The van der Waals surface area contributed by atoms with Crippen molar-refractivity contribution in [2.45, 2.75) is 6.43 Å². The van der Waals surface area contributed by atoms with Crippen molar-refractivity contribution in [1.29, 1.82) is 0 Å². The van der Waals surface area contributed by atoms with Crippen LogP contribution in [0.3, 0.4) is 0 Å². The highest BCUT2D eigenvalue weighted by Crippen LogP contribution is 2.22. The summed E-state index contributed by atoms with van der Waals surface area (Å²) in [5.41, 5.74) is 8.82. The maximum Gasteiger partial charge on any atom is 0.272 e. The predicted molar refractivity (Wildman–Crippen MR) is 40.8 cm³/mol. The van der Waals surface area contributed by atoms with Crippen LogP contribution >= 0.6 is 0 Å². The number of aromatic amines is 1. The second-order valence-electron chi connectivity index (χ2n) is 2.22. The van der Waals surface area contributed by atoms with Crippen molar-refractivity contribution in [1.82, 2.24) is 4.98 Å². The van der Waals surface area contributed by atoms with Crippen LogP contribution in [0.1, 0.15) is 12.0 Å². The number of nitrogens with one attached hydrogen (secondary N) is 1. The van der Waals surface area contributed by atoms with Gasteiger partial charge in [-0.3, -0.25) is 4.79 Å². The second kappa shape index (κ2) is 2.80. The Bertz CT molecular complexity index is 347. The Kier molecular flexibility index (Phi) is 1.99. The molecule has 0 fully saturated rings. The number of halogens is 2. The molecule has 1 aromatic heterocycles. The van der Waals surface area contributed by atoms with Gasteiger partial charge >= 0.3 is 0 Å². The highest BCUT2D eigenvalue weighted by molar-refractivity contribution is 5.49. The summed E-state index contributed by atoms with van der Waals surface area (Å²) in [5.74, 6) is -0.343. The van der Waals surface area contributed by atoms with Gasteiger partial charge in [0, 0.05) is 0 Å². The standard InChI is InChI=1S/C6H7F2N3O/c7-4(8)2-1-3(9)6(12)11-5(2)10/h1,4H,9H2,(H3,10,11,12). The Morgan fingerprint density at radius 3 is 2.50 bits per heavy atom. The number of alkyl halides is 2. The molecule has 12 heavy (non-hydrogen) atoms. The van der Waals surface area contributed by atoms with Crippen molar-refractivity contribution in [3.05, 3.63) is 22.0 Å². The molecule has 0 atom stereocenters. The Hall–Kier alpha value is -1.59. The summed E-state index contributed by atoms with van der Waals surface area (Å²) >= 11 is 0. The third kappa shape index (κ3) is 1.36. The van der Waals surface area contributed by atoms with Gasteiger partial charge in [0.15, 0.2) is 0 Å². The molecule has 4 nitrogen and oxygen atoms in total. The predicted octanol–water partition coefficient (Wildman–Crippen LogP) is 0.477. The smallest absolute Gasteiger partial charge is 0.272 e. The lowest BCUT2D eigenvalue weighted by Gasteiger charge is -2.03. The van der Waals surface area contributed by atoms with Gasteiger partial charge in [-0.25, -0.2) is 8.78 Å². The molecule has 1 rings (SSSR count). The zero-order chi connectivity index (χ0) is 9.30. The van der Waals surface area contributed by atoms with E-state index < -0.39 is 17.5 Å². The number of nitrogens with two attached hydrogens (primary N) is 2. The van der Waals surface area contributed by atoms with Crippen molar-refractivity contribution in [2.75, 3.05) is 11.5 Å². The number of hydrogen-bond donors (Lipinski definition) is 3. The Labute approximate surface area is 66.2 Å². The van der Waals surface area contributed by atoms with E-state index in [4.69, 9.17) is 11.5 Å². The number of rotatable bonds is 1. The van der Waals surface area contributed by atoms with Gasteiger partial charge in [0.1, 0.15) is 5.82 Å². The summed E-state index contributed by atoms with van der Waals surface area (Å²) in [5, 5.41) is 0. The van der Waals surface area contributed by atoms with Crippen molar-refractivity contribution in [2.24, 2.45) is 0 Å². The van der Waals surface area contributed by atoms with Gasteiger partial charge in [0.2, 0.25) is 0 Å². The lowest BCUT2D eigenvalue weighted by atomic mass is 10.2. The van der Waals surface area contributed by atoms with Crippen LogP contribution in [0.4, 0.5) is 20.3 Å². The van der Waals surface area contributed by atoms with Gasteiger partial charge in [-0.15, -0.1) is 0 Å². The molecule has 0 saturated heterocycles. The summed E-state index contributed by atoms with van der Waals surface area (Å²) in [4.78, 5) is 12.7. The zero-order valence-corrected chi connectivity index (χ0v) is 5.97. The fourth-order valence-corrected chi connectivity index (χ4v) is 0.758. The summed E-state index contributed by atoms with van der Waals surface area (Å²) in [6, 6.07) is 0.874. The normalized spacial score (nSPS) is 10.6. The minimum absolute atomic E-state index is 0.264. The average Bonchev–Trinajstić information content (AvgIpc) is 1.96. The fourth-order valence-electron chi connectivity index (χ4n) is 0.758. The molecule has 0 saturated carbocycles. The molecular weight excluding hydrogens is 168 g/mol. The van der Waals surface area contributed by atoms with E-state index >= 15 is 0 Å². The molecule has 5 N–H and O–H groups in total. The van der Waals surface area contributed by atoms with Gasteiger partial charge in [0.25, 0.3) is 12.0 Å². The van der Waals surface area contributed by atoms with Crippen LogP contribution < -0.4 is 17.0 Å². The van der Waals surface area contributed by atoms with Crippen LogP contribution in [0, 0.1) is 0 Å². The van der Waals surface area contributed by atoms with Crippen LogP contribution in [-0.4, -0.2) is 4.98 Å². The minimum Gasteiger partial charge on any atom is -0.394 e. The Balaban J connectivity index is 3.33. The lowest BCUT2D eigenvalue weighted by Crippen LogP contribution is -2.15. The number of anilines is 2. The van der Waals surface area contributed by atoms with E-state index in [0.717, 1.165) is 6.07 Å². The number of hydrogen-bond acceptors (Lipinski definition) is 3. The molecule has 0 unspecified atom stereocenters. The van der Waals surface area contributed by atoms with E-state index in [-0.39, 0.29) is 11.5 Å². The molecule has 0 bridgehead atoms. The van der Waals surface area contributed by atoms with Crippen molar-refractivity contribution < 1.29 is 8.78 Å². The molecule has 0 aliphatic rings. The Morgan fingerprint density at radius 2 is 2.00 bits per heavy atom. The summed E-state index contributed by atoms with van der Waals surface area (Å²) in [6.07, 6.45) is -2.73. The number of H-pyrrole nitrogens is 1. The van der Waals surface area contributed by atoms with Gasteiger partial charge in [-0.1, -0.05) is 0 Å². The van der Waals surface area contributed by atoms with Crippen LogP contribution in [0.15, 0.2) is 10.9 Å². The van der Waals surface area contributed by atoms with Gasteiger partial charge in [-0.05, 0) is 6.07 Å². The van der Waals surface area contributed by atoms with Crippen LogP contribution in [0.25, 0.3) is 0 Å². The molecule has 6 heteroatoms. The maximum absolute atomic E-state index is 12.1. The first-order valence-corrected chi connectivity index (χ1v) is 3.08. The molecule has 0 aliphatic heterocycles. The summed E-state index contributed by atoms with van der Waals surface area (Å²) in [6.45, 7) is 0. The van der Waals surface area contributed by atoms with Crippen LogP contribution in [-0.2, 0) is 0 Å². The van der Waals surface area contributed by atoms with Crippen molar-refractivity contribution in [3.63, 3.8) is 0 Å². The van der Waals surface area contributed by atoms with E-state index in [9.17, 15) is 13.6 Å².